The molecule has 0 unspecified atom stereocenters. The van der Waals surface area contributed by atoms with E-state index in [9.17, 15) is 4.79 Å². The van der Waals surface area contributed by atoms with Crippen molar-refractivity contribution in [3.8, 4) is 0 Å². The molecule has 100 valence electrons. The molecule has 0 bridgehead atoms. The van der Waals surface area contributed by atoms with Gasteiger partial charge >= 0.3 is 5.97 Å². The predicted octanol–water partition coefficient (Wildman–Crippen LogP) is 4.04. The van der Waals surface area contributed by atoms with Crippen molar-refractivity contribution in [2.45, 2.75) is 0 Å². The van der Waals surface area contributed by atoms with Crippen molar-refractivity contribution in [3.05, 3.63) is 63.1 Å². The molecule has 0 saturated heterocycles. The van der Waals surface area contributed by atoms with Gasteiger partial charge in [-0.2, -0.15) is 0 Å². The van der Waals surface area contributed by atoms with Gasteiger partial charge in [-0.15, -0.1) is 0 Å². The van der Waals surface area contributed by atoms with Crippen LogP contribution in [0, 0.1) is 0 Å². The Morgan fingerprint density at radius 1 is 1.25 bits per heavy atom. The molecule has 20 heavy (non-hydrogen) atoms. The van der Waals surface area contributed by atoms with E-state index in [0.717, 1.165) is 5.56 Å². The molecule has 0 saturated carbocycles. The lowest BCUT2D eigenvalue weighted by Crippen LogP contribution is -2.04. The van der Waals surface area contributed by atoms with E-state index in [1.807, 2.05) is 6.07 Å². The quantitative estimate of drug-likeness (QED) is 0.605. The zero-order valence-electron chi connectivity index (χ0n) is 9.97. The molecule has 3 rings (SSSR count). The zero-order chi connectivity index (χ0) is 14.1. The Bertz CT molecular complexity index is 748. The Hall–Kier alpha value is -1.85. The molecule has 1 aromatic heterocycles. The fourth-order valence-electron chi connectivity index (χ4n) is 1.70. The topological polar surface area (TPSA) is 51.8 Å². The Kier molecular flexibility index (Phi) is 3.46. The molecule has 4 nitrogen and oxygen atoms in total. The largest absolute Gasteiger partial charge is 0.444 e. The Morgan fingerprint density at radius 3 is 2.80 bits per heavy atom. The third-order valence-corrected chi connectivity index (χ3v) is 3.22. The smallest absolute Gasteiger partial charge is 0.363 e. The van der Waals surface area contributed by atoms with Gasteiger partial charge in [0.25, 0.3) is 5.90 Å². The van der Waals surface area contributed by atoms with Crippen molar-refractivity contribution in [1.82, 2.24) is 0 Å². The predicted molar refractivity (Wildman–Crippen MR) is 78.5 cm³/mol. The Balaban J connectivity index is 1.94. The fourth-order valence-corrected chi connectivity index (χ4v) is 2.20. The first-order valence-electron chi connectivity index (χ1n) is 5.66. The van der Waals surface area contributed by atoms with E-state index in [-0.39, 0.29) is 11.6 Å². The second-order valence-corrected chi connectivity index (χ2v) is 5.21. The van der Waals surface area contributed by atoms with Gasteiger partial charge in [-0.25, -0.2) is 9.79 Å². The number of hydrogen-bond donors (Lipinski definition) is 0. The minimum Gasteiger partial charge on any atom is -0.444 e. The summed E-state index contributed by atoms with van der Waals surface area (Å²) >= 11 is 9.07. The molecule has 0 atom stereocenters. The molecule has 2 aromatic rings. The maximum absolute atomic E-state index is 11.8. The highest BCUT2D eigenvalue weighted by Crippen LogP contribution is 2.22. The molecular formula is C14H7BrClNO3. The molecule has 0 amide bonds. The van der Waals surface area contributed by atoms with Crippen LogP contribution in [0.3, 0.4) is 0 Å². The van der Waals surface area contributed by atoms with Crippen molar-refractivity contribution < 1.29 is 13.9 Å². The van der Waals surface area contributed by atoms with E-state index in [2.05, 4.69) is 20.9 Å². The van der Waals surface area contributed by atoms with Crippen LogP contribution in [0.2, 0.25) is 5.02 Å². The molecule has 0 fully saturated rings. The average molecular weight is 353 g/mol. The number of cyclic esters (lactones) is 1. The second-order valence-electron chi connectivity index (χ2n) is 3.99. The van der Waals surface area contributed by atoms with Gasteiger partial charge in [0, 0.05) is 5.02 Å². The normalized spacial score (nSPS) is 16.4. The molecule has 6 heteroatoms. The van der Waals surface area contributed by atoms with Crippen LogP contribution in [0.1, 0.15) is 11.3 Å². The highest BCUT2D eigenvalue weighted by molar-refractivity contribution is 9.10. The molecule has 0 radical (unpaired) electrons. The summed E-state index contributed by atoms with van der Waals surface area (Å²) in [5.74, 6) is 0.0150. The molecule has 1 aromatic carbocycles. The fraction of sp³-hybridized carbons (Fsp3) is 0. The number of carbonyl (C=O) groups excluding carboxylic acids is 1. The van der Waals surface area contributed by atoms with Crippen molar-refractivity contribution in [3.63, 3.8) is 0 Å². The summed E-state index contributed by atoms with van der Waals surface area (Å²) in [5.41, 5.74) is 0.977. The lowest BCUT2D eigenvalue weighted by molar-refractivity contribution is -0.130. The molecular weight excluding hydrogens is 346 g/mol. The van der Waals surface area contributed by atoms with E-state index in [0.29, 0.717) is 15.5 Å². The van der Waals surface area contributed by atoms with Crippen LogP contribution in [-0.2, 0) is 9.53 Å². The van der Waals surface area contributed by atoms with Crippen LogP contribution in [-0.4, -0.2) is 11.9 Å². The molecule has 0 N–H and O–H groups in total. The van der Waals surface area contributed by atoms with Crippen molar-refractivity contribution in [2.24, 2.45) is 4.99 Å². The van der Waals surface area contributed by atoms with Crippen LogP contribution >= 0.6 is 27.5 Å². The highest BCUT2D eigenvalue weighted by atomic mass is 79.9. The maximum atomic E-state index is 11.8. The lowest BCUT2D eigenvalue weighted by Gasteiger charge is -1.94. The van der Waals surface area contributed by atoms with Crippen LogP contribution in [0.15, 0.2) is 56.2 Å². The Labute approximate surface area is 127 Å². The molecule has 1 aliphatic rings. The van der Waals surface area contributed by atoms with Crippen LogP contribution in [0.4, 0.5) is 0 Å². The maximum Gasteiger partial charge on any atom is 0.363 e. The number of ether oxygens (including phenoxy) is 1. The molecule has 1 aliphatic heterocycles. The molecule has 0 spiro atoms. The standard InChI is InChI=1S/C14H7BrClNO3/c15-12-5-4-11(19-12)13-17-10(14(18)20-13)7-8-2-1-3-9(16)6-8/h1-7H. The number of aliphatic imine (C=N–C) groups is 1. The van der Waals surface area contributed by atoms with Crippen molar-refractivity contribution in [2.75, 3.05) is 0 Å². The lowest BCUT2D eigenvalue weighted by atomic mass is 10.2. The van der Waals surface area contributed by atoms with E-state index in [1.54, 1.807) is 36.4 Å². The van der Waals surface area contributed by atoms with Crippen LogP contribution in [0.5, 0.6) is 0 Å². The summed E-state index contributed by atoms with van der Waals surface area (Å²) in [5, 5.41) is 0.588. The van der Waals surface area contributed by atoms with Crippen molar-refractivity contribution in [1.29, 1.82) is 0 Å². The number of benzene rings is 1. The van der Waals surface area contributed by atoms with E-state index >= 15 is 0 Å². The third kappa shape index (κ3) is 2.69. The number of carbonyl (C=O) groups is 1. The summed E-state index contributed by atoms with van der Waals surface area (Å²) in [6.45, 7) is 0. The van der Waals surface area contributed by atoms with Gasteiger partial charge in [0.1, 0.15) is 0 Å². The SMILES string of the molecule is O=C1OC(c2ccc(Br)o2)=NC1=Cc1cccc(Cl)c1. The summed E-state index contributed by atoms with van der Waals surface area (Å²) in [6.07, 6.45) is 1.61. The van der Waals surface area contributed by atoms with Gasteiger partial charge in [0.05, 0.1) is 0 Å². The van der Waals surface area contributed by atoms with Gasteiger partial charge in [0.2, 0.25) is 0 Å². The number of furan rings is 1. The number of esters is 1. The van der Waals surface area contributed by atoms with Crippen LogP contribution in [0.25, 0.3) is 6.08 Å². The highest BCUT2D eigenvalue weighted by Gasteiger charge is 2.26. The molecule has 0 aliphatic carbocycles. The number of rotatable bonds is 2. The minimum atomic E-state index is -0.521. The minimum absolute atomic E-state index is 0.147. The zero-order valence-corrected chi connectivity index (χ0v) is 12.3. The van der Waals surface area contributed by atoms with E-state index in [4.69, 9.17) is 20.8 Å². The van der Waals surface area contributed by atoms with Gasteiger partial charge < -0.3 is 9.15 Å². The van der Waals surface area contributed by atoms with Gasteiger partial charge in [-0.05, 0) is 51.8 Å². The number of hydrogen-bond acceptors (Lipinski definition) is 4. The number of halogens is 2. The van der Waals surface area contributed by atoms with Gasteiger partial charge in [-0.3, -0.25) is 0 Å². The third-order valence-electron chi connectivity index (χ3n) is 2.56. The van der Waals surface area contributed by atoms with E-state index in [1.165, 1.54) is 0 Å². The first-order chi connectivity index (χ1) is 9.61. The van der Waals surface area contributed by atoms with Gasteiger partial charge in [0.15, 0.2) is 16.1 Å². The molecule has 2 heterocycles. The Morgan fingerprint density at radius 2 is 2.10 bits per heavy atom. The first kappa shape index (κ1) is 13.1. The first-order valence-corrected chi connectivity index (χ1v) is 6.83. The summed E-state index contributed by atoms with van der Waals surface area (Å²) in [4.78, 5) is 15.9. The monoisotopic (exact) mass is 351 g/mol. The second kappa shape index (κ2) is 5.26. The summed E-state index contributed by atoms with van der Waals surface area (Å²) in [6, 6.07) is 10.5. The van der Waals surface area contributed by atoms with Gasteiger partial charge in [-0.1, -0.05) is 23.7 Å². The van der Waals surface area contributed by atoms with E-state index < -0.39 is 5.97 Å². The van der Waals surface area contributed by atoms with Crippen molar-refractivity contribution >= 4 is 45.5 Å². The van der Waals surface area contributed by atoms with Crippen LogP contribution < -0.4 is 0 Å². The summed E-state index contributed by atoms with van der Waals surface area (Å²) in [7, 11) is 0. The number of nitrogens with zero attached hydrogens (tertiary/aromatic N) is 1. The average Bonchev–Trinajstić information content (AvgIpc) is 2.97. The summed E-state index contributed by atoms with van der Waals surface area (Å²) < 4.78 is 10.9.